The van der Waals surface area contributed by atoms with Crippen LogP contribution in [0.25, 0.3) is 11.0 Å². The van der Waals surface area contributed by atoms with Crippen molar-refractivity contribution in [2.24, 2.45) is 0 Å². The zero-order valence-corrected chi connectivity index (χ0v) is 14.4. The summed E-state index contributed by atoms with van der Waals surface area (Å²) in [6, 6.07) is 8.66. The number of rotatable bonds is 3. The molecular weight excluding hydrogens is 355 g/mol. The zero-order valence-electron chi connectivity index (χ0n) is 14.4. The van der Waals surface area contributed by atoms with Crippen LogP contribution in [0, 0.1) is 5.82 Å². The predicted molar refractivity (Wildman–Crippen MR) is 93.8 cm³/mol. The molecule has 27 heavy (non-hydrogen) atoms. The first-order valence-corrected chi connectivity index (χ1v) is 8.38. The predicted octanol–water partition coefficient (Wildman–Crippen LogP) is 0.679. The van der Waals surface area contributed by atoms with Gasteiger partial charge in [0.2, 0.25) is 0 Å². The summed E-state index contributed by atoms with van der Waals surface area (Å²) in [6.07, 6.45) is -2.90. The van der Waals surface area contributed by atoms with Gasteiger partial charge in [0, 0.05) is 6.20 Å². The maximum atomic E-state index is 14.3. The average molecular weight is 374 g/mol. The normalized spacial score (nSPS) is 27.7. The van der Waals surface area contributed by atoms with Crippen molar-refractivity contribution in [2.45, 2.75) is 37.1 Å². The molecule has 1 saturated heterocycles. The lowest BCUT2D eigenvalue weighted by Gasteiger charge is -2.32. The standard InChI is InChI=1S/C18H19FN4O4/c1-18(26,9-5-3-2-4-6-9)14-12(24)13(25)17(27-14)23-7-10(19)11-15(20)21-8-22-16(11)23/h2-8,12-14,17,24-26H,1H3,(H2,20,21,22)/t12-,13+,14-,17+,18?/m0/s1. The second-order valence-electron chi connectivity index (χ2n) is 6.78. The highest BCUT2D eigenvalue weighted by Crippen LogP contribution is 2.40. The van der Waals surface area contributed by atoms with E-state index in [1.54, 1.807) is 30.3 Å². The highest BCUT2D eigenvalue weighted by molar-refractivity contribution is 5.86. The number of benzene rings is 1. The highest BCUT2D eigenvalue weighted by atomic mass is 19.1. The molecule has 0 radical (unpaired) electrons. The molecule has 0 amide bonds. The third-order valence-corrected chi connectivity index (χ3v) is 5.02. The van der Waals surface area contributed by atoms with Crippen LogP contribution < -0.4 is 5.73 Å². The van der Waals surface area contributed by atoms with Crippen LogP contribution in [-0.2, 0) is 10.3 Å². The number of hydrogen-bond donors (Lipinski definition) is 4. The number of ether oxygens (including phenoxy) is 1. The lowest BCUT2D eigenvalue weighted by atomic mass is 9.87. The molecular formula is C18H19FN4O4. The Balaban J connectivity index is 1.74. The monoisotopic (exact) mass is 374 g/mol. The Morgan fingerprint density at radius 1 is 1.19 bits per heavy atom. The summed E-state index contributed by atoms with van der Waals surface area (Å²) >= 11 is 0. The van der Waals surface area contributed by atoms with Crippen LogP contribution >= 0.6 is 0 Å². The molecule has 0 saturated carbocycles. The maximum Gasteiger partial charge on any atom is 0.164 e. The van der Waals surface area contributed by atoms with E-state index in [-0.39, 0.29) is 16.9 Å². The zero-order chi connectivity index (χ0) is 19.3. The third-order valence-electron chi connectivity index (χ3n) is 5.02. The number of nitrogens with two attached hydrogens (primary N) is 1. The molecule has 4 rings (SSSR count). The SMILES string of the molecule is CC(O)(c1ccccc1)[C@H]1O[C@@H](n2cc(F)c3c(N)ncnc32)[C@H](O)[C@@H]1O. The Labute approximate surface area is 153 Å². The summed E-state index contributed by atoms with van der Waals surface area (Å²) in [5, 5.41) is 32.0. The van der Waals surface area contributed by atoms with Gasteiger partial charge in [0.1, 0.15) is 36.1 Å². The summed E-state index contributed by atoms with van der Waals surface area (Å²) in [4.78, 5) is 7.77. The van der Waals surface area contributed by atoms with Gasteiger partial charge in [-0.2, -0.15) is 0 Å². The second kappa shape index (κ2) is 6.24. The van der Waals surface area contributed by atoms with E-state index < -0.39 is 36.0 Å². The Kier molecular flexibility index (Phi) is 4.11. The lowest BCUT2D eigenvalue weighted by molar-refractivity contribution is -0.135. The Morgan fingerprint density at radius 2 is 1.89 bits per heavy atom. The number of fused-ring (bicyclic) bond motifs is 1. The first kappa shape index (κ1) is 17.8. The molecule has 1 aliphatic rings. The van der Waals surface area contributed by atoms with Crippen LogP contribution in [0.3, 0.4) is 0 Å². The van der Waals surface area contributed by atoms with Gasteiger partial charge in [0.15, 0.2) is 17.7 Å². The van der Waals surface area contributed by atoms with Crippen molar-refractivity contribution >= 4 is 16.9 Å². The lowest BCUT2D eigenvalue weighted by Crippen LogP contribution is -2.45. The minimum Gasteiger partial charge on any atom is -0.387 e. The molecule has 142 valence electrons. The number of hydrogen-bond acceptors (Lipinski definition) is 7. The topological polar surface area (TPSA) is 127 Å². The smallest absolute Gasteiger partial charge is 0.164 e. The van der Waals surface area contributed by atoms with Crippen LogP contribution in [0.4, 0.5) is 10.2 Å². The van der Waals surface area contributed by atoms with Crippen LogP contribution in [0.2, 0.25) is 0 Å². The molecule has 1 unspecified atom stereocenters. The summed E-state index contributed by atoms with van der Waals surface area (Å²) in [7, 11) is 0. The molecule has 5 N–H and O–H groups in total. The number of anilines is 1. The van der Waals surface area contributed by atoms with Crippen LogP contribution in [0.5, 0.6) is 0 Å². The molecule has 1 aliphatic heterocycles. The van der Waals surface area contributed by atoms with Gasteiger partial charge in [-0.25, -0.2) is 14.4 Å². The molecule has 8 nitrogen and oxygen atoms in total. The van der Waals surface area contributed by atoms with Crippen LogP contribution in [0.1, 0.15) is 18.7 Å². The van der Waals surface area contributed by atoms with Gasteiger partial charge in [-0.15, -0.1) is 0 Å². The fraction of sp³-hybridized carbons (Fsp3) is 0.333. The Morgan fingerprint density at radius 3 is 2.59 bits per heavy atom. The van der Waals surface area contributed by atoms with E-state index in [0.29, 0.717) is 5.56 Å². The number of aliphatic hydroxyl groups excluding tert-OH is 2. The Hall–Kier alpha value is -2.59. The largest absolute Gasteiger partial charge is 0.387 e. The van der Waals surface area contributed by atoms with Gasteiger partial charge in [0.05, 0.1) is 5.39 Å². The number of halogens is 1. The number of aromatic nitrogens is 3. The summed E-state index contributed by atoms with van der Waals surface area (Å²) in [6.45, 7) is 1.49. The summed E-state index contributed by atoms with van der Waals surface area (Å²) in [5.74, 6) is -0.719. The summed E-state index contributed by atoms with van der Waals surface area (Å²) in [5.41, 5.74) is 4.75. The fourth-order valence-electron chi connectivity index (χ4n) is 3.55. The van der Waals surface area contributed by atoms with Crippen molar-refractivity contribution < 1.29 is 24.4 Å². The maximum absolute atomic E-state index is 14.3. The molecule has 3 heterocycles. The number of nitrogen functional groups attached to an aromatic ring is 1. The van der Waals surface area contributed by atoms with E-state index in [1.165, 1.54) is 17.8 Å². The Bertz CT molecular complexity index is 978. The van der Waals surface area contributed by atoms with Crippen molar-refractivity contribution in [3.05, 3.63) is 54.2 Å². The molecule has 1 aromatic carbocycles. The van der Waals surface area contributed by atoms with Crippen molar-refractivity contribution in [3.63, 3.8) is 0 Å². The van der Waals surface area contributed by atoms with Crippen molar-refractivity contribution in [1.29, 1.82) is 0 Å². The number of nitrogens with zero attached hydrogens (tertiary/aromatic N) is 3. The minimum absolute atomic E-state index is 0.000981. The van der Waals surface area contributed by atoms with Crippen LogP contribution in [0.15, 0.2) is 42.9 Å². The van der Waals surface area contributed by atoms with Crippen molar-refractivity contribution in [2.75, 3.05) is 5.73 Å². The quantitative estimate of drug-likeness (QED) is 0.531. The molecule has 3 aromatic rings. The van der Waals surface area contributed by atoms with Crippen molar-refractivity contribution in [3.8, 4) is 0 Å². The van der Waals surface area contributed by atoms with E-state index in [0.717, 1.165) is 6.20 Å². The molecule has 2 aromatic heterocycles. The van der Waals surface area contributed by atoms with E-state index in [1.807, 2.05) is 0 Å². The molecule has 0 aliphatic carbocycles. The second-order valence-corrected chi connectivity index (χ2v) is 6.78. The number of aliphatic hydroxyl groups is 3. The fourth-order valence-corrected chi connectivity index (χ4v) is 3.55. The van der Waals surface area contributed by atoms with E-state index in [2.05, 4.69) is 9.97 Å². The van der Waals surface area contributed by atoms with E-state index >= 15 is 0 Å². The molecule has 0 bridgehead atoms. The highest BCUT2D eigenvalue weighted by Gasteiger charge is 2.52. The van der Waals surface area contributed by atoms with E-state index in [9.17, 15) is 19.7 Å². The first-order chi connectivity index (χ1) is 12.8. The minimum atomic E-state index is -1.59. The van der Waals surface area contributed by atoms with Gasteiger partial charge >= 0.3 is 0 Å². The third kappa shape index (κ3) is 2.67. The molecule has 0 spiro atoms. The summed E-state index contributed by atoms with van der Waals surface area (Å²) < 4.78 is 21.4. The van der Waals surface area contributed by atoms with Gasteiger partial charge in [-0.05, 0) is 12.5 Å². The van der Waals surface area contributed by atoms with E-state index in [4.69, 9.17) is 10.5 Å². The van der Waals surface area contributed by atoms with Gasteiger partial charge in [-0.3, -0.25) is 0 Å². The van der Waals surface area contributed by atoms with Gasteiger partial charge in [0.25, 0.3) is 0 Å². The molecule has 5 atom stereocenters. The van der Waals surface area contributed by atoms with Crippen molar-refractivity contribution in [1.82, 2.24) is 14.5 Å². The molecule has 1 fully saturated rings. The first-order valence-electron chi connectivity index (χ1n) is 8.38. The van der Waals surface area contributed by atoms with Crippen LogP contribution in [-0.4, -0.2) is 48.2 Å². The van der Waals surface area contributed by atoms with Gasteiger partial charge in [-0.1, -0.05) is 30.3 Å². The average Bonchev–Trinajstić information content (AvgIpc) is 3.14. The van der Waals surface area contributed by atoms with Gasteiger partial charge < -0.3 is 30.4 Å². The molecule has 9 heteroatoms.